The van der Waals surface area contributed by atoms with Crippen LogP contribution in [0.3, 0.4) is 0 Å². The molecular formula is C11H18N2O4S. The molecule has 2 unspecified atom stereocenters. The van der Waals surface area contributed by atoms with Crippen LogP contribution >= 0.6 is 11.8 Å². The smallest absolute Gasteiger partial charge is 0.327 e. The van der Waals surface area contributed by atoms with Gasteiger partial charge in [0.15, 0.2) is 0 Å². The van der Waals surface area contributed by atoms with Crippen molar-refractivity contribution in [3.05, 3.63) is 0 Å². The largest absolute Gasteiger partial charge is 0.480 e. The Labute approximate surface area is 110 Å². The molecule has 2 amide bonds. The summed E-state index contributed by atoms with van der Waals surface area (Å²) in [5.41, 5.74) is 0. The molecule has 0 spiro atoms. The number of amides is 2. The molecule has 102 valence electrons. The molecule has 6 nitrogen and oxygen atoms in total. The van der Waals surface area contributed by atoms with E-state index in [1.807, 2.05) is 0 Å². The van der Waals surface area contributed by atoms with Crippen LogP contribution in [0.2, 0.25) is 0 Å². The van der Waals surface area contributed by atoms with Crippen molar-refractivity contribution in [2.24, 2.45) is 0 Å². The van der Waals surface area contributed by atoms with Crippen molar-refractivity contribution in [3.8, 4) is 0 Å². The summed E-state index contributed by atoms with van der Waals surface area (Å²) in [6.45, 7) is 3.00. The monoisotopic (exact) mass is 274 g/mol. The zero-order valence-corrected chi connectivity index (χ0v) is 11.3. The van der Waals surface area contributed by atoms with Gasteiger partial charge in [-0.25, -0.2) is 4.79 Å². The predicted molar refractivity (Wildman–Crippen MR) is 68.3 cm³/mol. The van der Waals surface area contributed by atoms with Crippen LogP contribution in [-0.2, 0) is 14.4 Å². The van der Waals surface area contributed by atoms with Crippen LogP contribution in [0.4, 0.5) is 0 Å². The molecule has 0 aromatic rings. The van der Waals surface area contributed by atoms with Gasteiger partial charge in [0.1, 0.15) is 6.04 Å². The van der Waals surface area contributed by atoms with Crippen LogP contribution in [0, 0.1) is 0 Å². The number of nitrogens with one attached hydrogen (secondary N) is 2. The summed E-state index contributed by atoms with van der Waals surface area (Å²) in [5.74, 6) is -1.38. The highest BCUT2D eigenvalue weighted by atomic mass is 32.2. The van der Waals surface area contributed by atoms with E-state index >= 15 is 0 Å². The summed E-state index contributed by atoms with van der Waals surface area (Å²) in [7, 11) is 0. The van der Waals surface area contributed by atoms with E-state index in [4.69, 9.17) is 5.11 Å². The molecule has 1 fully saturated rings. The molecule has 3 N–H and O–H groups in total. The molecule has 0 saturated heterocycles. The third-order valence-electron chi connectivity index (χ3n) is 2.48. The first-order valence-corrected chi connectivity index (χ1v) is 6.87. The van der Waals surface area contributed by atoms with Crippen LogP contribution in [0.1, 0.15) is 26.7 Å². The van der Waals surface area contributed by atoms with E-state index in [0.717, 1.165) is 12.8 Å². The lowest BCUT2D eigenvalue weighted by atomic mass is 10.3. The van der Waals surface area contributed by atoms with E-state index in [9.17, 15) is 14.4 Å². The van der Waals surface area contributed by atoms with Gasteiger partial charge in [-0.2, -0.15) is 0 Å². The summed E-state index contributed by atoms with van der Waals surface area (Å²) in [4.78, 5) is 33.3. The summed E-state index contributed by atoms with van der Waals surface area (Å²) in [5, 5.41) is 13.8. The van der Waals surface area contributed by atoms with Crippen LogP contribution in [0.5, 0.6) is 0 Å². The van der Waals surface area contributed by atoms with Crippen LogP contribution < -0.4 is 10.6 Å². The minimum atomic E-state index is -1.09. The first kappa shape index (κ1) is 14.8. The zero-order valence-electron chi connectivity index (χ0n) is 10.4. The molecule has 18 heavy (non-hydrogen) atoms. The number of carboxylic acid groups (broad SMARTS) is 1. The quantitative estimate of drug-likeness (QED) is 0.606. The predicted octanol–water partition coefficient (Wildman–Crippen LogP) is -0.0240. The molecule has 0 bridgehead atoms. The normalized spacial score (nSPS) is 17.7. The van der Waals surface area contributed by atoms with Gasteiger partial charge in [-0.15, -0.1) is 11.8 Å². The Bertz CT molecular complexity index is 344. The van der Waals surface area contributed by atoms with Crippen molar-refractivity contribution in [1.29, 1.82) is 0 Å². The van der Waals surface area contributed by atoms with Crippen molar-refractivity contribution >= 4 is 29.5 Å². The SMILES string of the molecule is CC(=O)NC(CSC(C)C(=O)NC1CC1)C(=O)O. The van der Waals surface area contributed by atoms with Crippen LogP contribution in [0.25, 0.3) is 0 Å². The third-order valence-corrected chi connectivity index (χ3v) is 3.72. The summed E-state index contributed by atoms with van der Waals surface area (Å²) in [6.07, 6.45) is 2.04. The first-order valence-electron chi connectivity index (χ1n) is 5.82. The van der Waals surface area contributed by atoms with E-state index in [1.54, 1.807) is 6.92 Å². The molecule has 1 aliphatic rings. The van der Waals surface area contributed by atoms with Crippen LogP contribution in [0.15, 0.2) is 0 Å². The van der Waals surface area contributed by atoms with Crippen molar-refractivity contribution in [3.63, 3.8) is 0 Å². The Morgan fingerprint density at radius 3 is 2.44 bits per heavy atom. The number of carbonyl (C=O) groups is 3. The lowest BCUT2D eigenvalue weighted by Crippen LogP contribution is -2.42. The molecule has 0 heterocycles. The maximum Gasteiger partial charge on any atom is 0.327 e. The average Bonchev–Trinajstić information content (AvgIpc) is 3.06. The fraction of sp³-hybridized carbons (Fsp3) is 0.727. The van der Waals surface area contributed by atoms with E-state index < -0.39 is 17.9 Å². The number of aliphatic carboxylic acids is 1. The minimum absolute atomic E-state index is 0.0746. The van der Waals surface area contributed by atoms with E-state index in [1.165, 1.54) is 18.7 Å². The van der Waals surface area contributed by atoms with Crippen molar-refractivity contribution in [2.45, 2.75) is 44.0 Å². The van der Waals surface area contributed by atoms with Gasteiger partial charge in [-0.1, -0.05) is 0 Å². The van der Waals surface area contributed by atoms with Crippen LogP contribution in [-0.4, -0.2) is 46.0 Å². The number of carboxylic acids is 1. The molecule has 1 saturated carbocycles. The Morgan fingerprint density at radius 2 is 2.00 bits per heavy atom. The number of hydrogen-bond acceptors (Lipinski definition) is 4. The van der Waals surface area contributed by atoms with Gasteiger partial charge < -0.3 is 15.7 Å². The average molecular weight is 274 g/mol. The number of rotatable bonds is 7. The molecule has 1 aliphatic carbocycles. The van der Waals surface area contributed by atoms with Gasteiger partial charge >= 0.3 is 5.97 Å². The Kier molecular flexibility index (Phi) is 5.46. The highest BCUT2D eigenvalue weighted by Gasteiger charge is 2.27. The number of carbonyl (C=O) groups excluding carboxylic acids is 2. The second-order valence-corrected chi connectivity index (χ2v) is 5.72. The fourth-order valence-corrected chi connectivity index (χ4v) is 2.21. The summed E-state index contributed by atoms with van der Waals surface area (Å²) >= 11 is 1.23. The molecule has 0 aromatic carbocycles. The van der Waals surface area contributed by atoms with E-state index in [2.05, 4.69) is 10.6 Å². The van der Waals surface area contributed by atoms with Gasteiger partial charge in [0, 0.05) is 18.7 Å². The lowest BCUT2D eigenvalue weighted by Gasteiger charge is -2.16. The molecule has 0 aliphatic heterocycles. The second kappa shape index (κ2) is 6.63. The second-order valence-electron chi connectivity index (χ2n) is 4.35. The minimum Gasteiger partial charge on any atom is -0.480 e. The van der Waals surface area contributed by atoms with Gasteiger partial charge in [-0.05, 0) is 19.8 Å². The first-order chi connectivity index (χ1) is 8.40. The topological polar surface area (TPSA) is 95.5 Å². The van der Waals surface area contributed by atoms with E-state index in [-0.39, 0.29) is 16.9 Å². The summed E-state index contributed by atoms with van der Waals surface area (Å²) < 4.78 is 0. The Balaban J connectivity index is 2.33. The number of thioether (sulfide) groups is 1. The van der Waals surface area contributed by atoms with Crippen molar-refractivity contribution in [2.75, 3.05) is 5.75 Å². The Hall–Kier alpha value is -1.24. The zero-order chi connectivity index (χ0) is 13.7. The maximum atomic E-state index is 11.6. The molecule has 2 atom stereocenters. The Morgan fingerprint density at radius 1 is 1.39 bits per heavy atom. The molecular weight excluding hydrogens is 256 g/mol. The van der Waals surface area contributed by atoms with Gasteiger partial charge in [0.25, 0.3) is 0 Å². The van der Waals surface area contributed by atoms with Crippen molar-refractivity contribution in [1.82, 2.24) is 10.6 Å². The standard InChI is InChI=1S/C11H18N2O4S/c1-6(10(15)13-8-3-4-8)18-5-9(11(16)17)12-7(2)14/h6,8-9H,3-5H2,1-2H3,(H,12,14)(H,13,15)(H,16,17). The third kappa shape index (κ3) is 5.39. The van der Waals surface area contributed by atoms with Gasteiger partial charge in [0.2, 0.25) is 11.8 Å². The lowest BCUT2D eigenvalue weighted by molar-refractivity contribution is -0.140. The van der Waals surface area contributed by atoms with Gasteiger partial charge in [0.05, 0.1) is 5.25 Å². The summed E-state index contributed by atoms with van der Waals surface area (Å²) in [6, 6.07) is -0.658. The molecule has 1 rings (SSSR count). The highest BCUT2D eigenvalue weighted by molar-refractivity contribution is 8.00. The molecule has 0 radical (unpaired) electrons. The van der Waals surface area contributed by atoms with Crippen molar-refractivity contribution < 1.29 is 19.5 Å². The van der Waals surface area contributed by atoms with Gasteiger partial charge in [-0.3, -0.25) is 9.59 Å². The highest BCUT2D eigenvalue weighted by Crippen LogP contribution is 2.20. The molecule has 7 heteroatoms. The maximum absolute atomic E-state index is 11.6. The fourth-order valence-electron chi connectivity index (χ4n) is 1.28. The van der Waals surface area contributed by atoms with E-state index in [0.29, 0.717) is 6.04 Å². The number of hydrogen-bond donors (Lipinski definition) is 3. The molecule has 0 aromatic heterocycles.